The number of aromatic amines is 1. The van der Waals surface area contributed by atoms with Crippen molar-refractivity contribution in [2.45, 2.75) is 32.4 Å². The van der Waals surface area contributed by atoms with E-state index in [1.54, 1.807) is 6.20 Å². The van der Waals surface area contributed by atoms with Crippen LogP contribution in [0.3, 0.4) is 0 Å². The van der Waals surface area contributed by atoms with Gasteiger partial charge in [-0.25, -0.2) is 4.79 Å². The van der Waals surface area contributed by atoms with E-state index in [1.807, 2.05) is 17.9 Å². The van der Waals surface area contributed by atoms with Crippen molar-refractivity contribution in [2.75, 3.05) is 19.7 Å². The van der Waals surface area contributed by atoms with E-state index in [0.717, 1.165) is 12.1 Å². The number of aromatic nitrogens is 2. The molecule has 0 bridgehead atoms. The van der Waals surface area contributed by atoms with E-state index in [4.69, 9.17) is 4.74 Å². The fourth-order valence-corrected chi connectivity index (χ4v) is 1.98. The topological polar surface area (TPSA) is 70.2 Å². The van der Waals surface area contributed by atoms with Crippen molar-refractivity contribution in [3.63, 3.8) is 0 Å². The number of urea groups is 1. The van der Waals surface area contributed by atoms with E-state index in [2.05, 4.69) is 22.4 Å². The molecule has 6 heteroatoms. The van der Waals surface area contributed by atoms with E-state index in [9.17, 15) is 4.79 Å². The molecule has 2 amide bonds. The Hall–Kier alpha value is -1.56. The molecule has 0 spiro atoms. The Morgan fingerprint density at radius 1 is 1.72 bits per heavy atom. The Morgan fingerprint density at radius 2 is 2.56 bits per heavy atom. The number of rotatable bonds is 3. The van der Waals surface area contributed by atoms with Crippen molar-refractivity contribution in [3.8, 4) is 0 Å². The van der Waals surface area contributed by atoms with Gasteiger partial charge in [-0.3, -0.25) is 5.10 Å². The largest absolute Gasteiger partial charge is 0.372 e. The zero-order valence-corrected chi connectivity index (χ0v) is 10.9. The van der Waals surface area contributed by atoms with Gasteiger partial charge in [-0.1, -0.05) is 6.92 Å². The van der Waals surface area contributed by atoms with E-state index in [-0.39, 0.29) is 11.6 Å². The van der Waals surface area contributed by atoms with Crippen molar-refractivity contribution < 1.29 is 9.53 Å². The van der Waals surface area contributed by atoms with Crippen LogP contribution in [-0.4, -0.2) is 46.4 Å². The van der Waals surface area contributed by atoms with Gasteiger partial charge < -0.3 is 15.0 Å². The highest BCUT2D eigenvalue weighted by Crippen LogP contribution is 2.20. The fraction of sp³-hybridized carbons (Fsp3) is 0.667. The van der Waals surface area contributed by atoms with Crippen LogP contribution in [-0.2, 0) is 11.3 Å². The average molecular weight is 252 g/mol. The summed E-state index contributed by atoms with van der Waals surface area (Å²) >= 11 is 0. The van der Waals surface area contributed by atoms with Gasteiger partial charge in [-0.05, 0) is 19.4 Å². The summed E-state index contributed by atoms with van der Waals surface area (Å²) in [6, 6.07) is 1.79. The molecule has 0 aliphatic carbocycles. The van der Waals surface area contributed by atoms with Crippen molar-refractivity contribution in [1.82, 2.24) is 20.4 Å². The molecule has 1 fully saturated rings. The first-order valence-corrected chi connectivity index (χ1v) is 6.28. The molecule has 1 atom stereocenters. The molecule has 1 aromatic heterocycles. The van der Waals surface area contributed by atoms with E-state index in [0.29, 0.717) is 26.2 Å². The van der Waals surface area contributed by atoms with E-state index < -0.39 is 0 Å². The number of morpholine rings is 1. The summed E-state index contributed by atoms with van der Waals surface area (Å²) in [5.74, 6) is 0. The number of amides is 2. The minimum atomic E-state index is -0.219. The third kappa shape index (κ3) is 3.01. The molecule has 2 N–H and O–H groups in total. The van der Waals surface area contributed by atoms with Gasteiger partial charge in [0.2, 0.25) is 0 Å². The second kappa shape index (κ2) is 5.39. The fourth-order valence-electron chi connectivity index (χ4n) is 1.98. The third-order valence-corrected chi connectivity index (χ3v) is 3.36. The minimum Gasteiger partial charge on any atom is -0.372 e. The number of carbonyl (C=O) groups excluding carboxylic acids is 1. The molecule has 100 valence electrons. The van der Waals surface area contributed by atoms with Crippen LogP contribution in [0.1, 0.15) is 26.0 Å². The summed E-state index contributed by atoms with van der Waals surface area (Å²) in [5.41, 5.74) is 0.679. The number of ether oxygens (including phenoxy) is 1. The predicted octanol–water partition coefficient (Wildman–Crippen LogP) is 1.12. The average Bonchev–Trinajstić information content (AvgIpc) is 2.89. The molecule has 2 heterocycles. The van der Waals surface area contributed by atoms with Crippen molar-refractivity contribution in [3.05, 3.63) is 18.0 Å². The van der Waals surface area contributed by atoms with Crippen molar-refractivity contribution in [2.24, 2.45) is 0 Å². The summed E-state index contributed by atoms with van der Waals surface area (Å²) in [6.07, 6.45) is 2.57. The summed E-state index contributed by atoms with van der Waals surface area (Å²) in [7, 11) is 0. The van der Waals surface area contributed by atoms with Crippen LogP contribution >= 0.6 is 0 Å². The molecule has 0 aromatic carbocycles. The quantitative estimate of drug-likeness (QED) is 0.847. The highest BCUT2D eigenvalue weighted by Gasteiger charge is 2.32. The molecule has 0 unspecified atom stereocenters. The molecule has 1 aliphatic heterocycles. The molecular weight excluding hydrogens is 232 g/mol. The molecule has 2 rings (SSSR count). The van der Waals surface area contributed by atoms with Crippen molar-refractivity contribution in [1.29, 1.82) is 0 Å². The molecule has 1 aliphatic rings. The maximum absolute atomic E-state index is 12.0. The third-order valence-electron chi connectivity index (χ3n) is 3.36. The van der Waals surface area contributed by atoms with E-state index in [1.165, 1.54) is 0 Å². The monoisotopic (exact) mass is 252 g/mol. The zero-order valence-electron chi connectivity index (χ0n) is 10.9. The van der Waals surface area contributed by atoms with Gasteiger partial charge in [0.15, 0.2) is 0 Å². The maximum Gasteiger partial charge on any atom is 0.317 e. The smallest absolute Gasteiger partial charge is 0.317 e. The number of H-pyrrole nitrogens is 1. The Labute approximate surface area is 107 Å². The van der Waals surface area contributed by atoms with Gasteiger partial charge in [0.25, 0.3) is 0 Å². The van der Waals surface area contributed by atoms with Crippen LogP contribution in [0, 0.1) is 0 Å². The standard InChI is InChI=1S/C12H20N4O2/c1-3-12(2)9-16(6-7-18-12)11(17)13-8-10-4-5-14-15-10/h4-5H,3,6-9H2,1-2H3,(H,13,17)(H,14,15)/t12-/m1/s1. The lowest BCUT2D eigenvalue weighted by molar-refractivity contribution is -0.0872. The Kier molecular flexibility index (Phi) is 3.86. The molecule has 0 radical (unpaired) electrons. The first-order valence-electron chi connectivity index (χ1n) is 6.28. The number of nitrogens with zero attached hydrogens (tertiary/aromatic N) is 2. The molecule has 1 saturated heterocycles. The molecule has 0 saturated carbocycles. The Bertz CT molecular complexity index is 393. The Balaban J connectivity index is 1.85. The van der Waals surface area contributed by atoms with Gasteiger partial charge in [0.1, 0.15) is 0 Å². The number of hydrogen-bond acceptors (Lipinski definition) is 3. The Morgan fingerprint density at radius 3 is 3.22 bits per heavy atom. The van der Waals surface area contributed by atoms with Gasteiger partial charge in [-0.2, -0.15) is 5.10 Å². The molecule has 1 aromatic rings. The van der Waals surface area contributed by atoms with E-state index >= 15 is 0 Å². The van der Waals surface area contributed by atoms with Gasteiger partial charge in [0.05, 0.1) is 31.0 Å². The second-order valence-electron chi connectivity index (χ2n) is 4.81. The highest BCUT2D eigenvalue weighted by molar-refractivity contribution is 5.74. The summed E-state index contributed by atoms with van der Waals surface area (Å²) in [6.45, 7) is 6.47. The lowest BCUT2D eigenvalue weighted by Gasteiger charge is -2.39. The van der Waals surface area contributed by atoms with Crippen LogP contribution in [0.2, 0.25) is 0 Å². The molecule has 6 nitrogen and oxygen atoms in total. The minimum absolute atomic E-state index is 0.0485. The summed E-state index contributed by atoms with van der Waals surface area (Å²) < 4.78 is 5.71. The SMILES string of the molecule is CC[C@]1(C)CN(C(=O)NCc2ccn[nH]2)CCO1. The molecular formula is C12H20N4O2. The van der Waals surface area contributed by atoms with Crippen LogP contribution < -0.4 is 5.32 Å². The number of hydrogen-bond donors (Lipinski definition) is 2. The predicted molar refractivity (Wildman–Crippen MR) is 67.0 cm³/mol. The second-order valence-corrected chi connectivity index (χ2v) is 4.81. The number of nitrogens with one attached hydrogen (secondary N) is 2. The zero-order chi connectivity index (χ0) is 13.0. The summed E-state index contributed by atoms with van der Waals surface area (Å²) in [4.78, 5) is 13.8. The first-order chi connectivity index (χ1) is 8.63. The normalized spacial score (nSPS) is 24.0. The first kappa shape index (κ1) is 12.9. The van der Waals surface area contributed by atoms with Gasteiger partial charge >= 0.3 is 6.03 Å². The lowest BCUT2D eigenvalue weighted by atomic mass is 10.0. The van der Waals surface area contributed by atoms with Gasteiger partial charge in [-0.15, -0.1) is 0 Å². The maximum atomic E-state index is 12.0. The van der Waals surface area contributed by atoms with Gasteiger partial charge in [0, 0.05) is 12.7 Å². The van der Waals surface area contributed by atoms with Crippen LogP contribution in [0.5, 0.6) is 0 Å². The van der Waals surface area contributed by atoms with Crippen molar-refractivity contribution >= 4 is 6.03 Å². The van der Waals surface area contributed by atoms with Crippen LogP contribution in [0.25, 0.3) is 0 Å². The van der Waals surface area contributed by atoms with Crippen LogP contribution in [0.4, 0.5) is 4.79 Å². The molecule has 18 heavy (non-hydrogen) atoms. The summed E-state index contributed by atoms with van der Waals surface area (Å²) in [5, 5.41) is 9.53. The number of carbonyl (C=O) groups is 1. The van der Waals surface area contributed by atoms with Crippen LogP contribution in [0.15, 0.2) is 12.3 Å². The highest BCUT2D eigenvalue weighted by atomic mass is 16.5. The lowest BCUT2D eigenvalue weighted by Crippen LogP contribution is -2.54.